The largest absolute Gasteiger partial charge is 0.462 e. The molecular weight excluding hydrogens is 268 g/mol. The molecule has 0 fully saturated rings. The minimum absolute atomic E-state index is 0.207. The van der Waals surface area contributed by atoms with Crippen molar-refractivity contribution in [1.82, 2.24) is 0 Å². The second-order valence-electron chi connectivity index (χ2n) is 3.73. The normalized spacial score (nSPS) is 10.2. The van der Waals surface area contributed by atoms with Crippen LogP contribution in [0.1, 0.15) is 41.3 Å². The van der Waals surface area contributed by atoms with Crippen molar-refractivity contribution in [2.24, 2.45) is 0 Å². The standard InChI is InChI=1S/C13H17BrO2/c1-3-4-8-16-13(15)12-10(2)6-5-7-11(12)9-14/h5-7H,3-4,8-9H2,1-2H3. The number of carbonyl (C=O) groups is 1. The first-order valence-electron chi connectivity index (χ1n) is 5.52. The zero-order valence-corrected chi connectivity index (χ0v) is 11.3. The summed E-state index contributed by atoms with van der Waals surface area (Å²) in [5.74, 6) is -0.207. The molecule has 0 saturated carbocycles. The number of aryl methyl sites for hydroxylation is 1. The number of carbonyl (C=O) groups excluding carboxylic acids is 1. The Morgan fingerprint density at radius 1 is 1.44 bits per heavy atom. The van der Waals surface area contributed by atoms with Gasteiger partial charge in [0.2, 0.25) is 0 Å². The van der Waals surface area contributed by atoms with Gasteiger partial charge in [-0.25, -0.2) is 4.79 Å². The van der Waals surface area contributed by atoms with Crippen LogP contribution in [0.4, 0.5) is 0 Å². The van der Waals surface area contributed by atoms with Gasteiger partial charge in [-0.15, -0.1) is 0 Å². The molecule has 16 heavy (non-hydrogen) atoms. The first-order chi connectivity index (χ1) is 7.70. The maximum atomic E-state index is 11.9. The number of benzene rings is 1. The number of unbranched alkanes of at least 4 members (excludes halogenated alkanes) is 1. The summed E-state index contributed by atoms with van der Waals surface area (Å²) in [5.41, 5.74) is 2.66. The lowest BCUT2D eigenvalue weighted by Crippen LogP contribution is -2.10. The highest BCUT2D eigenvalue weighted by atomic mass is 79.9. The van der Waals surface area contributed by atoms with Crippen LogP contribution < -0.4 is 0 Å². The van der Waals surface area contributed by atoms with Crippen LogP contribution in [0.3, 0.4) is 0 Å². The van der Waals surface area contributed by atoms with Crippen LogP contribution in [0.2, 0.25) is 0 Å². The topological polar surface area (TPSA) is 26.3 Å². The predicted octanol–water partition coefficient (Wildman–Crippen LogP) is 3.85. The Labute approximate surface area is 105 Å². The third-order valence-electron chi connectivity index (χ3n) is 2.44. The van der Waals surface area contributed by atoms with Gasteiger partial charge in [-0.3, -0.25) is 0 Å². The Morgan fingerprint density at radius 2 is 2.19 bits per heavy atom. The number of hydrogen-bond donors (Lipinski definition) is 0. The zero-order valence-electron chi connectivity index (χ0n) is 9.75. The molecule has 0 aromatic heterocycles. The number of hydrogen-bond acceptors (Lipinski definition) is 2. The molecule has 0 radical (unpaired) electrons. The fourth-order valence-electron chi connectivity index (χ4n) is 1.51. The molecule has 0 saturated heterocycles. The fourth-order valence-corrected chi connectivity index (χ4v) is 1.98. The van der Waals surface area contributed by atoms with Crippen molar-refractivity contribution in [3.05, 3.63) is 34.9 Å². The second kappa shape index (κ2) is 6.69. The van der Waals surface area contributed by atoms with E-state index in [2.05, 4.69) is 22.9 Å². The van der Waals surface area contributed by atoms with Crippen molar-refractivity contribution < 1.29 is 9.53 Å². The Hall–Kier alpha value is -0.830. The van der Waals surface area contributed by atoms with Gasteiger partial charge >= 0.3 is 5.97 Å². The average molecular weight is 285 g/mol. The Bertz CT molecular complexity index is 361. The zero-order chi connectivity index (χ0) is 12.0. The minimum Gasteiger partial charge on any atom is -0.462 e. The van der Waals surface area contributed by atoms with Gasteiger partial charge in [-0.2, -0.15) is 0 Å². The summed E-state index contributed by atoms with van der Waals surface area (Å²) in [4.78, 5) is 11.9. The molecule has 0 aliphatic rings. The van der Waals surface area contributed by atoms with E-state index in [1.54, 1.807) is 0 Å². The molecular formula is C13H17BrO2. The van der Waals surface area contributed by atoms with Gasteiger partial charge < -0.3 is 4.74 Å². The molecule has 0 amide bonds. The van der Waals surface area contributed by atoms with Crippen LogP contribution in [-0.2, 0) is 10.1 Å². The molecule has 0 unspecified atom stereocenters. The van der Waals surface area contributed by atoms with Crippen molar-refractivity contribution >= 4 is 21.9 Å². The first kappa shape index (κ1) is 13.2. The third kappa shape index (κ3) is 3.34. The van der Waals surface area contributed by atoms with Crippen LogP contribution in [-0.4, -0.2) is 12.6 Å². The van der Waals surface area contributed by atoms with Crippen molar-refractivity contribution in [2.75, 3.05) is 6.61 Å². The summed E-state index contributed by atoms with van der Waals surface area (Å²) < 4.78 is 5.23. The first-order valence-corrected chi connectivity index (χ1v) is 6.64. The lowest BCUT2D eigenvalue weighted by molar-refractivity contribution is 0.0498. The van der Waals surface area contributed by atoms with Crippen molar-refractivity contribution in [3.8, 4) is 0 Å². The highest BCUT2D eigenvalue weighted by Gasteiger charge is 2.14. The van der Waals surface area contributed by atoms with E-state index < -0.39 is 0 Å². The molecule has 88 valence electrons. The van der Waals surface area contributed by atoms with E-state index in [0.717, 1.165) is 24.0 Å². The van der Waals surface area contributed by atoms with Gasteiger partial charge in [-0.1, -0.05) is 47.5 Å². The van der Waals surface area contributed by atoms with Crippen LogP contribution in [0.5, 0.6) is 0 Å². The van der Waals surface area contributed by atoms with E-state index in [9.17, 15) is 4.79 Å². The lowest BCUT2D eigenvalue weighted by Gasteiger charge is -2.10. The molecule has 0 atom stereocenters. The second-order valence-corrected chi connectivity index (χ2v) is 4.29. The number of alkyl halides is 1. The number of rotatable bonds is 5. The van der Waals surface area contributed by atoms with E-state index in [-0.39, 0.29) is 5.97 Å². The van der Waals surface area contributed by atoms with Crippen molar-refractivity contribution in [3.63, 3.8) is 0 Å². The third-order valence-corrected chi connectivity index (χ3v) is 3.04. The maximum absolute atomic E-state index is 11.9. The summed E-state index contributed by atoms with van der Waals surface area (Å²) >= 11 is 3.38. The van der Waals surface area contributed by atoms with Crippen LogP contribution in [0.15, 0.2) is 18.2 Å². The van der Waals surface area contributed by atoms with E-state index >= 15 is 0 Å². The summed E-state index contributed by atoms with van der Waals surface area (Å²) in [6, 6.07) is 5.83. The van der Waals surface area contributed by atoms with Crippen LogP contribution in [0.25, 0.3) is 0 Å². The Morgan fingerprint density at radius 3 is 2.81 bits per heavy atom. The van der Waals surface area contributed by atoms with E-state index in [4.69, 9.17) is 4.74 Å². The fraction of sp³-hybridized carbons (Fsp3) is 0.462. The highest BCUT2D eigenvalue weighted by molar-refractivity contribution is 9.08. The summed E-state index contributed by atoms with van der Waals surface area (Å²) in [7, 11) is 0. The molecule has 0 spiro atoms. The van der Waals surface area contributed by atoms with Gasteiger partial charge in [0.1, 0.15) is 0 Å². The van der Waals surface area contributed by atoms with Gasteiger partial charge in [0, 0.05) is 5.33 Å². The Kier molecular flexibility index (Phi) is 5.53. The lowest BCUT2D eigenvalue weighted by atomic mass is 10.0. The van der Waals surface area contributed by atoms with E-state index in [1.807, 2.05) is 25.1 Å². The van der Waals surface area contributed by atoms with Gasteiger partial charge in [0.05, 0.1) is 12.2 Å². The molecule has 2 nitrogen and oxygen atoms in total. The molecule has 1 aromatic carbocycles. The SMILES string of the molecule is CCCCOC(=O)c1c(C)cccc1CBr. The molecule has 0 heterocycles. The number of ether oxygens (including phenoxy) is 1. The average Bonchev–Trinajstić information content (AvgIpc) is 2.28. The molecule has 0 bridgehead atoms. The molecule has 0 aliphatic carbocycles. The summed E-state index contributed by atoms with van der Waals surface area (Å²) in [6.45, 7) is 4.51. The Balaban J connectivity index is 2.81. The number of halogens is 1. The number of esters is 1. The summed E-state index contributed by atoms with van der Waals surface area (Å²) in [6.07, 6.45) is 1.95. The minimum atomic E-state index is -0.207. The van der Waals surface area contributed by atoms with Gasteiger partial charge in [-0.05, 0) is 24.5 Å². The van der Waals surface area contributed by atoms with Crippen LogP contribution >= 0.6 is 15.9 Å². The molecule has 0 aliphatic heterocycles. The molecule has 1 rings (SSSR count). The van der Waals surface area contributed by atoms with Gasteiger partial charge in [0.15, 0.2) is 0 Å². The molecule has 1 aromatic rings. The molecule has 0 N–H and O–H groups in total. The van der Waals surface area contributed by atoms with E-state index in [1.165, 1.54) is 0 Å². The highest BCUT2D eigenvalue weighted by Crippen LogP contribution is 2.18. The van der Waals surface area contributed by atoms with Crippen molar-refractivity contribution in [2.45, 2.75) is 32.0 Å². The smallest absolute Gasteiger partial charge is 0.338 e. The van der Waals surface area contributed by atoms with Gasteiger partial charge in [0.25, 0.3) is 0 Å². The van der Waals surface area contributed by atoms with E-state index in [0.29, 0.717) is 17.5 Å². The summed E-state index contributed by atoms with van der Waals surface area (Å²) in [5, 5.41) is 0.674. The quantitative estimate of drug-likeness (QED) is 0.466. The predicted molar refractivity (Wildman–Crippen MR) is 69.0 cm³/mol. The van der Waals surface area contributed by atoms with Crippen LogP contribution in [0, 0.1) is 6.92 Å². The monoisotopic (exact) mass is 284 g/mol. The maximum Gasteiger partial charge on any atom is 0.338 e. The van der Waals surface area contributed by atoms with Crippen molar-refractivity contribution in [1.29, 1.82) is 0 Å². The molecule has 3 heteroatoms.